The Balaban J connectivity index is 1.56. The highest BCUT2D eigenvalue weighted by Crippen LogP contribution is 2.32. The van der Waals surface area contributed by atoms with Crippen molar-refractivity contribution in [3.8, 4) is 5.75 Å². The van der Waals surface area contributed by atoms with Gasteiger partial charge >= 0.3 is 0 Å². The summed E-state index contributed by atoms with van der Waals surface area (Å²) in [6.45, 7) is 3.50. The third-order valence-electron chi connectivity index (χ3n) is 5.74. The number of hydrogen-bond acceptors (Lipinski definition) is 6. The Bertz CT molecular complexity index is 1080. The number of sulfonamides is 1. The molecule has 2 aliphatic heterocycles. The van der Waals surface area contributed by atoms with Gasteiger partial charge in [-0.1, -0.05) is 0 Å². The fourth-order valence-electron chi connectivity index (χ4n) is 4.18. The van der Waals surface area contributed by atoms with Crippen LogP contribution in [0.25, 0.3) is 0 Å². The van der Waals surface area contributed by atoms with E-state index < -0.39 is 16.1 Å². The Morgan fingerprint density at radius 1 is 1.16 bits per heavy atom. The molecule has 0 unspecified atom stereocenters. The molecule has 10 heteroatoms. The van der Waals surface area contributed by atoms with Gasteiger partial charge in [0.1, 0.15) is 16.7 Å². The summed E-state index contributed by atoms with van der Waals surface area (Å²) < 4.78 is 38.5. The maximum absolute atomic E-state index is 13.2. The van der Waals surface area contributed by atoms with Crippen molar-refractivity contribution in [2.75, 3.05) is 31.6 Å². The molecule has 2 saturated heterocycles. The standard InChI is InChI=1S/C22H27N3O6S/c1-2-30-18-10-9-16(15-20(18)32(28,29)24-11-3-4-12-24)23-21(26)17-7-5-13-25(17)22(27)19-8-6-14-31-19/h6,8-10,14-15,17H,2-5,7,11-13H2,1H3,(H,23,26)/t17-/m0/s1. The third-order valence-corrected chi connectivity index (χ3v) is 7.66. The normalized spacial score (nSPS) is 19.3. The number of hydrogen-bond donors (Lipinski definition) is 1. The molecule has 2 aliphatic rings. The Morgan fingerprint density at radius 3 is 2.62 bits per heavy atom. The largest absolute Gasteiger partial charge is 0.492 e. The molecule has 1 aromatic heterocycles. The molecule has 0 aliphatic carbocycles. The lowest BCUT2D eigenvalue weighted by Gasteiger charge is -2.23. The van der Waals surface area contributed by atoms with Gasteiger partial charge in [0.15, 0.2) is 5.76 Å². The van der Waals surface area contributed by atoms with Crippen LogP contribution in [0, 0.1) is 0 Å². The second-order valence-electron chi connectivity index (χ2n) is 7.83. The predicted octanol–water partition coefficient (Wildman–Crippen LogP) is 2.71. The van der Waals surface area contributed by atoms with Gasteiger partial charge < -0.3 is 19.4 Å². The number of anilines is 1. The molecule has 4 rings (SSSR count). The number of carbonyl (C=O) groups excluding carboxylic acids is 2. The van der Waals surface area contributed by atoms with Crippen molar-refractivity contribution >= 4 is 27.5 Å². The molecular weight excluding hydrogens is 434 g/mol. The minimum atomic E-state index is -3.74. The SMILES string of the molecule is CCOc1ccc(NC(=O)[C@@H]2CCCN2C(=O)c2ccco2)cc1S(=O)(=O)N1CCCC1. The van der Waals surface area contributed by atoms with E-state index in [1.54, 1.807) is 31.2 Å². The molecular formula is C22H27N3O6S. The fraction of sp³-hybridized carbons (Fsp3) is 0.455. The molecule has 0 spiro atoms. The number of amides is 2. The highest BCUT2D eigenvalue weighted by atomic mass is 32.2. The van der Waals surface area contributed by atoms with Crippen LogP contribution in [0.5, 0.6) is 5.75 Å². The van der Waals surface area contributed by atoms with Crippen LogP contribution in [0.3, 0.4) is 0 Å². The zero-order valence-electron chi connectivity index (χ0n) is 18.0. The van der Waals surface area contributed by atoms with Crippen molar-refractivity contribution in [2.45, 2.75) is 43.5 Å². The van der Waals surface area contributed by atoms with E-state index in [2.05, 4.69) is 5.32 Å². The van der Waals surface area contributed by atoms with Crippen molar-refractivity contribution in [3.63, 3.8) is 0 Å². The number of benzene rings is 1. The molecule has 2 fully saturated rings. The molecule has 2 amide bonds. The molecule has 9 nitrogen and oxygen atoms in total. The monoisotopic (exact) mass is 461 g/mol. The van der Waals surface area contributed by atoms with Crippen LogP contribution in [0.15, 0.2) is 45.9 Å². The lowest BCUT2D eigenvalue weighted by Crippen LogP contribution is -2.43. The van der Waals surface area contributed by atoms with Crippen molar-refractivity contribution in [1.82, 2.24) is 9.21 Å². The van der Waals surface area contributed by atoms with Gasteiger partial charge in [-0.25, -0.2) is 8.42 Å². The van der Waals surface area contributed by atoms with E-state index in [0.29, 0.717) is 44.8 Å². The molecule has 0 radical (unpaired) electrons. The molecule has 0 saturated carbocycles. The van der Waals surface area contributed by atoms with Crippen LogP contribution in [-0.2, 0) is 14.8 Å². The molecule has 0 bridgehead atoms. The summed E-state index contributed by atoms with van der Waals surface area (Å²) in [4.78, 5) is 27.2. The van der Waals surface area contributed by atoms with Gasteiger partial charge in [-0.2, -0.15) is 4.31 Å². The van der Waals surface area contributed by atoms with E-state index >= 15 is 0 Å². The molecule has 2 aromatic rings. The van der Waals surface area contributed by atoms with E-state index in [-0.39, 0.29) is 28.2 Å². The van der Waals surface area contributed by atoms with Crippen LogP contribution < -0.4 is 10.1 Å². The summed E-state index contributed by atoms with van der Waals surface area (Å²) in [6.07, 6.45) is 4.28. The number of nitrogens with zero attached hydrogens (tertiary/aromatic N) is 2. The maximum Gasteiger partial charge on any atom is 0.290 e. The van der Waals surface area contributed by atoms with Crippen LogP contribution in [0.1, 0.15) is 43.2 Å². The summed E-state index contributed by atoms with van der Waals surface area (Å²) in [5.41, 5.74) is 0.341. The molecule has 172 valence electrons. The highest BCUT2D eigenvalue weighted by Gasteiger charge is 2.36. The Kier molecular flexibility index (Phi) is 6.52. The van der Waals surface area contributed by atoms with Crippen molar-refractivity contribution in [1.29, 1.82) is 0 Å². The highest BCUT2D eigenvalue weighted by molar-refractivity contribution is 7.89. The second-order valence-corrected chi connectivity index (χ2v) is 9.74. The first kappa shape index (κ1) is 22.3. The minimum absolute atomic E-state index is 0.0361. The number of rotatable bonds is 7. The summed E-state index contributed by atoms with van der Waals surface area (Å²) >= 11 is 0. The first-order valence-corrected chi connectivity index (χ1v) is 12.3. The number of nitrogens with one attached hydrogen (secondary N) is 1. The van der Waals surface area contributed by atoms with Gasteiger partial charge in [-0.05, 0) is 62.9 Å². The number of likely N-dealkylation sites (tertiary alicyclic amines) is 1. The molecule has 1 atom stereocenters. The zero-order chi connectivity index (χ0) is 22.7. The van der Waals surface area contributed by atoms with Gasteiger partial charge in [0.05, 0.1) is 12.9 Å². The lowest BCUT2D eigenvalue weighted by molar-refractivity contribution is -0.119. The third kappa shape index (κ3) is 4.37. The lowest BCUT2D eigenvalue weighted by atomic mass is 10.2. The van der Waals surface area contributed by atoms with E-state index in [4.69, 9.17) is 9.15 Å². The van der Waals surface area contributed by atoms with Gasteiger partial charge in [0.2, 0.25) is 15.9 Å². The fourth-order valence-corrected chi connectivity index (χ4v) is 5.85. The smallest absolute Gasteiger partial charge is 0.290 e. The molecule has 1 aromatic carbocycles. The van der Waals surface area contributed by atoms with Crippen molar-refractivity contribution in [2.24, 2.45) is 0 Å². The van der Waals surface area contributed by atoms with Crippen LogP contribution in [0.2, 0.25) is 0 Å². The number of carbonyl (C=O) groups is 2. The molecule has 1 N–H and O–H groups in total. The van der Waals surface area contributed by atoms with E-state index in [9.17, 15) is 18.0 Å². The van der Waals surface area contributed by atoms with Crippen molar-refractivity contribution in [3.05, 3.63) is 42.4 Å². The number of furan rings is 1. The molecule has 3 heterocycles. The Hall–Kier alpha value is -2.85. The van der Waals surface area contributed by atoms with E-state index in [0.717, 1.165) is 12.8 Å². The summed E-state index contributed by atoms with van der Waals surface area (Å²) in [5, 5.41) is 2.78. The van der Waals surface area contributed by atoms with Crippen LogP contribution >= 0.6 is 0 Å². The average molecular weight is 462 g/mol. The van der Waals surface area contributed by atoms with Gasteiger partial charge in [-0.15, -0.1) is 0 Å². The summed E-state index contributed by atoms with van der Waals surface area (Å²) in [6, 6.07) is 7.14. The first-order chi connectivity index (χ1) is 15.4. The predicted molar refractivity (Wildman–Crippen MR) is 117 cm³/mol. The number of ether oxygens (including phenoxy) is 1. The van der Waals surface area contributed by atoms with Crippen LogP contribution in [0.4, 0.5) is 5.69 Å². The van der Waals surface area contributed by atoms with Crippen LogP contribution in [-0.4, -0.2) is 61.7 Å². The van der Waals surface area contributed by atoms with Gasteiger partial charge in [-0.3, -0.25) is 9.59 Å². The first-order valence-electron chi connectivity index (χ1n) is 10.8. The van der Waals surface area contributed by atoms with Crippen molar-refractivity contribution < 1.29 is 27.2 Å². The Morgan fingerprint density at radius 2 is 1.94 bits per heavy atom. The summed E-state index contributed by atoms with van der Waals surface area (Å²) in [5.74, 6) is -0.259. The zero-order valence-corrected chi connectivity index (χ0v) is 18.8. The Labute approximate surface area is 187 Å². The van der Waals surface area contributed by atoms with Gasteiger partial charge in [0, 0.05) is 25.3 Å². The topological polar surface area (TPSA) is 109 Å². The minimum Gasteiger partial charge on any atom is -0.492 e. The quantitative estimate of drug-likeness (QED) is 0.679. The average Bonchev–Trinajstić information content (AvgIpc) is 3.57. The van der Waals surface area contributed by atoms with Gasteiger partial charge in [0.25, 0.3) is 5.91 Å². The second kappa shape index (κ2) is 9.33. The summed E-state index contributed by atoms with van der Waals surface area (Å²) in [7, 11) is -3.74. The maximum atomic E-state index is 13.2. The van der Waals surface area contributed by atoms with E-state index in [1.807, 2.05) is 0 Å². The molecule has 32 heavy (non-hydrogen) atoms. The van der Waals surface area contributed by atoms with E-state index in [1.165, 1.54) is 21.5 Å².